The summed E-state index contributed by atoms with van der Waals surface area (Å²) in [6, 6.07) is 6.16. The number of ether oxygens (including phenoxy) is 1. The SMILES string of the molecule is Cc1ccc2c(c1)OCCN=C2. The molecule has 2 rings (SSSR count). The van der Waals surface area contributed by atoms with Gasteiger partial charge in [0, 0.05) is 11.8 Å². The van der Waals surface area contributed by atoms with Crippen LogP contribution in [0.15, 0.2) is 23.2 Å². The zero-order valence-electron chi connectivity index (χ0n) is 7.08. The first-order valence-corrected chi connectivity index (χ1v) is 4.09. The van der Waals surface area contributed by atoms with Gasteiger partial charge in [0.15, 0.2) is 0 Å². The minimum atomic E-state index is 0.687. The third-order valence-corrected chi connectivity index (χ3v) is 1.88. The highest BCUT2D eigenvalue weighted by Crippen LogP contribution is 2.19. The van der Waals surface area contributed by atoms with Crippen LogP contribution in [0.25, 0.3) is 0 Å². The van der Waals surface area contributed by atoms with Gasteiger partial charge in [0.1, 0.15) is 12.4 Å². The van der Waals surface area contributed by atoms with E-state index in [1.807, 2.05) is 18.3 Å². The molecule has 1 heterocycles. The smallest absolute Gasteiger partial charge is 0.128 e. The monoisotopic (exact) mass is 161 g/mol. The molecule has 0 N–H and O–H groups in total. The molecule has 0 saturated heterocycles. The molecular weight excluding hydrogens is 150 g/mol. The Morgan fingerprint density at radius 3 is 3.25 bits per heavy atom. The molecule has 1 aromatic carbocycles. The Hall–Kier alpha value is -1.31. The summed E-state index contributed by atoms with van der Waals surface area (Å²) in [5, 5.41) is 0. The maximum absolute atomic E-state index is 5.50. The highest BCUT2D eigenvalue weighted by Gasteiger charge is 2.03. The molecule has 62 valence electrons. The molecule has 2 nitrogen and oxygen atoms in total. The number of rotatable bonds is 0. The van der Waals surface area contributed by atoms with Crippen LogP contribution in [0.3, 0.4) is 0 Å². The number of aliphatic imine (C=N–C) groups is 1. The fraction of sp³-hybridized carbons (Fsp3) is 0.300. The molecule has 0 radical (unpaired) electrons. The molecule has 1 aromatic rings. The van der Waals surface area contributed by atoms with Crippen molar-refractivity contribution in [2.75, 3.05) is 13.2 Å². The second-order valence-corrected chi connectivity index (χ2v) is 2.93. The number of aryl methyl sites for hydroxylation is 1. The zero-order valence-corrected chi connectivity index (χ0v) is 7.08. The number of nitrogens with zero attached hydrogens (tertiary/aromatic N) is 1. The van der Waals surface area contributed by atoms with Gasteiger partial charge in [0.05, 0.1) is 6.54 Å². The topological polar surface area (TPSA) is 21.6 Å². The lowest BCUT2D eigenvalue weighted by Crippen LogP contribution is -1.99. The summed E-state index contributed by atoms with van der Waals surface area (Å²) in [6.07, 6.45) is 1.88. The van der Waals surface area contributed by atoms with Crippen LogP contribution >= 0.6 is 0 Å². The lowest BCUT2D eigenvalue weighted by atomic mass is 10.1. The van der Waals surface area contributed by atoms with E-state index in [-0.39, 0.29) is 0 Å². The Morgan fingerprint density at radius 1 is 1.42 bits per heavy atom. The van der Waals surface area contributed by atoms with E-state index in [1.165, 1.54) is 5.56 Å². The normalized spacial score (nSPS) is 14.8. The molecule has 0 amide bonds. The van der Waals surface area contributed by atoms with Gasteiger partial charge in [0.2, 0.25) is 0 Å². The molecule has 2 heteroatoms. The first kappa shape index (κ1) is 7.35. The van der Waals surface area contributed by atoms with E-state index in [2.05, 4.69) is 18.0 Å². The van der Waals surface area contributed by atoms with E-state index in [4.69, 9.17) is 4.74 Å². The van der Waals surface area contributed by atoms with Crippen LogP contribution in [0.5, 0.6) is 5.75 Å². The van der Waals surface area contributed by atoms with Crippen LogP contribution in [-0.4, -0.2) is 19.4 Å². The van der Waals surface area contributed by atoms with Gasteiger partial charge in [-0.25, -0.2) is 0 Å². The van der Waals surface area contributed by atoms with Crippen LogP contribution in [0.1, 0.15) is 11.1 Å². The van der Waals surface area contributed by atoms with Gasteiger partial charge in [-0.15, -0.1) is 0 Å². The Morgan fingerprint density at radius 2 is 2.33 bits per heavy atom. The molecule has 0 aliphatic carbocycles. The van der Waals surface area contributed by atoms with Crippen molar-refractivity contribution in [2.24, 2.45) is 4.99 Å². The van der Waals surface area contributed by atoms with Gasteiger partial charge >= 0.3 is 0 Å². The molecule has 0 atom stereocenters. The van der Waals surface area contributed by atoms with Crippen LogP contribution < -0.4 is 4.74 Å². The maximum atomic E-state index is 5.50. The fourth-order valence-corrected chi connectivity index (χ4v) is 1.24. The second-order valence-electron chi connectivity index (χ2n) is 2.93. The Kier molecular flexibility index (Phi) is 1.82. The van der Waals surface area contributed by atoms with Gasteiger partial charge in [-0.05, 0) is 24.6 Å². The predicted octanol–water partition coefficient (Wildman–Crippen LogP) is 1.81. The molecule has 1 aliphatic rings. The first-order chi connectivity index (χ1) is 5.86. The summed E-state index contributed by atoms with van der Waals surface area (Å²) in [5.41, 5.74) is 2.31. The van der Waals surface area contributed by atoms with Gasteiger partial charge < -0.3 is 4.74 Å². The van der Waals surface area contributed by atoms with Gasteiger partial charge in [-0.1, -0.05) is 6.07 Å². The number of hydrogen-bond donors (Lipinski definition) is 0. The molecule has 0 fully saturated rings. The standard InChI is InChI=1S/C10H11NO/c1-8-2-3-9-7-11-4-5-12-10(9)6-8/h2-3,6-7H,4-5H2,1H3. The molecule has 0 aromatic heterocycles. The average molecular weight is 161 g/mol. The minimum Gasteiger partial charge on any atom is -0.491 e. The van der Waals surface area contributed by atoms with Gasteiger partial charge in [-0.3, -0.25) is 4.99 Å². The lowest BCUT2D eigenvalue weighted by molar-refractivity contribution is 0.331. The zero-order chi connectivity index (χ0) is 8.39. The number of hydrogen-bond acceptors (Lipinski definition) is 2. The third-order valence-electron chi connectivity index (χ3n) is 1.88. The Labute approximate surface area is 71.9 Å². The predicted molar refractivity (Wildman–Crippen MR) is 49.1 cm³/mol. The lowest BCUT2D eigenvalue weighted by Gasteiger charge is -2.05. The molecule has 12 heavy (non-hydrogen) atoms. The summed E-state index contributed by atoms with van der Waals surface area (Å²) >= 11 is 0. The van der Waals surface area contributed by atoms with E-state index in [9.17, 15) is 0 Å². The van der Waals surface area contributed by atoms with Crippen LogP contribution in [0, 0.1) is 6.92 Å². The first-order valence-electron chi connectivity index (χ1n) is 4.09. The summed E-state index contributed by atoms with van der Waals surface area (Å²) in [5.74, 6) is 0.955. The van der Waals surface area contributed by atoms with E-state index >= 15 is 0 Å². The summed E-state index contributed by atoms with van der Waals surface area (Å²) in [7, 11) is 0. The van der Waals surface area contributed by atoms with Crippen molar-refractivity contribution >= 4 is 6.21 Å². The molecule has 0 saturated carbocycles. The second kappa shape index (κ2) is 2.97. The highest BCUT2D eigenvalue weighted by molar-refractivity contribution is 5.83. The molecule has 0 spiro atoms. The van der Waals surface area contributed by atoms with Crippen molar-refractivity contribution < 1.29 is 4.74 Å². The van der Waals surface area contributed by atoms with Crippen molar-refractivity contribution in [3.8, 4) is 5.75 Å². The molecular formula is C10H11NO. The molecule has 0 unspecified atom stereocenters. The van der Waals surface area contributed by atoms with Crippen LogP contribution in [0.4, 0.5) is 0 Å². The van der Waals surface area contributed by atoms with Gasteiger partial charge in [0.25, 0.3) is 0 Å². The van der Waals surface area contributed by atoms with Crippen LogP contribution in [0.2, 0.25) is 0 Å². The summed E-state index contributed by atoms with van der Waals surface area (Å²) < 4.78 is 5.50. The number of benzene rings is 1. The van der Waals surface area contributed by atoms with Crippen molar-refractivity contribution in [1.82, 2.24) is 0 Å². The van der Waals surface area contributed by atoms with Gasteiger partial charge in [-0.2, -0.15) is 0 Å². The quantitative estimate of drug-likeness (QED) is 0.568. The summed E-state index contributed by atoms with van der Waals surface area (Å²) in [4.78, 5) is 4.19. The maximum Gasteiger partial charge on any atom is 0.128 e. The minimum absolute atomic E-state index is 0.687. The Bertz CT molecular complexity index is 318. The van der Waals surface area contributed by atoms with E-state index in [1.54, 1.807) is 0 Å². The average Bonchev–Trinajstić information content (AvgIpc) is 2.28. The molecule has 1 aliphatic heterocycles. The third kappa shape index (κ3) is 1.33. The summed E-state index contributed by atoms with van der Waals surface area (Å²) in [6.45, 7) is 3.51. The van der Waals surface area contributed by atoms with Crippen molar-refractivity contribution in [3.63, 3.8) is 0 Å². The van der Waals surface area contributed by atoms with Crippen LogP contribution in [-0.2, 0) is 0 Å². The van der Waals surface area contributed by atoms with Crippen molar-refractivity contribution in [1.29, 1.82) is 0 Å². The van der Waals surface area contributed by atoms with E-state index in [0.717, 1.165) is 17.9 Å². The molecule has 0 bridgehead atoms. The number of fused-ring (bicyclic) bond motifs is 1. The highest BCUT2D eigenvalue weighted by atomic mass is 16.5. The fourth-order valence-electron chi connectivity index (χ4n) is 1.24. The Balaban J connectivity index is 2.46. The van der Waals surface area contributed by atoms with Crippen molar-refractivity contribution in [2.45, 2.75) is 6.92 Å². The van der Waals surface area contributed by atoms with E-state index < -0.39 is 0 Å². The van der Waals surface area contributed by atoms with Crippen molar-refractivity contribution in [3.05, 3.63) is 29.3 Å². The largest absolute Gasteiger partial charge is 0.491 e. The van der Waals surface area contributed by atoms with E-state index in [0.29, 0.717) is 6.61 Å².